The maximum Gasteiger partial charge on any atom is 0.320 e. The van der Waals surface area contributed by atoms with Gasteiger partial charge in [-0.3, -0.25) is 9.69 Å². The predicted molar refractivity (Wildman–Crippen MR) is 63.6 cm³/mol. The molecule has 1 aliphatic rings. The number of imidazole rings is 1. The number of likely N-dealkylation sites (tertiary alicyclic amines) is 1. The van der Waals surface area contributed by atoms with E-state index in [9.17, 15) is 9.90 Å². The van der Waals surface area contributed by atoms with E-state index in [4.69, 9.17) is 0 Å². The molecule has 17 heavy (non-hydrogen) atoms. The van der Waals surface area contributed by atoms with Crippen molar-refractivity contribution in [2.75, 3.05) is 6.54 Å². The lowest BCUT2D eigenvalue weighted by Crippen LogP contribution is -2.44. The largest absolute Gasteiger partial charge is 0.480 e. The molecule has 1 fully saturated rings. The Morgan fingerprint density at radius 1 is 1.59 bits per heavy atom. The zero-order chi connectivity index (χ0) is 12.3. The van der Waals surface area contributed by atoms with Gasteiger partial charge in [-0.25, -0.2) is 4.98 Å². The molecular weight excluding hydrogens is 218 g/mol. The van der Waals surface area contributed by atoms with Crippen molar-refractivity contribution >= 4 is 5.97 Å². The van der Waals surface area contributed by atoms with Gasteiger partial charge >= 0.3 is 5.97 Å². The first-order valence-electron chi connectivity index (χ1n) is 6.18. The number of piperidine rings is 1. The molecule has 5 heteroatoms. The molecule has 1 atom stereocenters. The Morgan fingerprint density at radius 3 is 3.12 bits per heavy atom. The Balaban J connectivity index is 2.08. The summed E-state index contributed by atoms with van der Waals surface area (Å²) < 4.78 is 2.06. The van der Waals surface area contributed by atoms with Crippen LogP contribution in [-0.2, 0) is 17.9 Å². The van der Waals surface area contributed by atoms with Crippen molar-refractivity contribution in [3.63, 3.8) is 0 Å². The van der Waals surface area contributed by atoms with Crippen LogP contribution in [0.1, 0.15) is 31.9 Å². The molecule has 0 amide bonds. The fourth-order valence-corrected chi connectivity index (χ4v) is 2.43. The molecule has 94 valence electrons. The van der Waals surface area contributed by atoms with Crippen molar-refractivity contribution in [2.24, 2.45) is 0 Å². The van der Waals surface area contributed by atoms with Crippen molar-refractivity contribution in [3.05, 3.63) is 18.2 Å². The maximum absolute atomic E-state index is 11.2. The highest BCUT2D eigenvalue weighted by molar-refractivity contribution is 5.73. The number of carboxylic acid groups (broad SMARTS) is 1. The smallest absolute Gasteiger partial charge is 0.320 e. The quantitative estimate of drug-likeness (QED) is 0.858. The molecule has 2 heterocycles. The zero-order valence-electron chi connectivity index (χ0n) is 10.2. The maximum atomic E-state index is 11.2. The molecule has 0 spiro atoms. The highest BCUT2D eigenvalue weighted by Crippen LogP contribution is 2.19. The number of aliphatic carboxylic acids is 1. The summed E-state index contributed by atoms with van der Waals surface area (Å²) in [6.07, 6.45) is 6.49. The van der Waals surface area contributed by atoms with Crippen LogP contribution in [0.3, 0.4) is 0 Å². The summed E-state index contributed by atoms with van der Waals surface area (Å²) in [6.45, 7) is 4.49. The Bertz CT molecular complexity index is 389. The van der Waals surface area contributed by atoms with E-state index in [2.05, 4.69) is 21.4 Å². The van der Waals surface area contributed by atoms with Crippen molar-refractivity contribution in [1.29, 1.82) is 0 Å². The summed E-state index contributed by atoms with van der Waals surface area (Å²) >= 11 is 0. The van der Waals surface area contributed by atoms with Crippen LogP contribution in [-0.4, -0.2) is 38.1 Å². The minimum Gasteiger partial charge on any atom is -0.480 e. The zero-order valence-corrected chi connectivity index (χ0v) is 10.2. The Kier molecular flexibility index (Phi) is 3.78. The third-order valence-corrected chi connectivity index (χ3v) is 3.40. The van der Waals surface area contributed by atoms with Crippen LogP contribution in [0.5, 0.6) is 0 Å². The van der Waals surface area contributed by atoms with Crippen LogP contribution in [0.2, 0.25) is 0 Å². The molecule has 0 bridgehead atoms. The first kappa shape index (κ1) is 12.1. The molecule has 1 aromatic heterocycles. The highest BCUT2D eigenvalue weighted by atomic mass is 16.4. The molecule has 1 saturated heterocycles. The predicted octanol–water partition coefficient (Wildman–Crippen LogP) is 1.34. The monoisotopic (exact) mass is 237 g/mol. The van der Waals surface area contributed by atoms with Crippen LogP contribution in [0.15, 0.2) is 12.5 Å². The van der Waals surface area contributed by atoms with Gasteiger partial charge < -0.3 is 9.67 Å². The van der Waals surface area contributed by atoms with E-state index in [1.807, 2.05) is 6.20 Å². The van der Waals surface area contributed by atoms with Gasteiger partial charge in [0.25, 0.3) is 0 Å². The van der Waals surface area contributed by atoms with Gasteiger partial charge in [-0.2, -0.15) is 0 Å². The van der Waals surface area contributed by atoms with Gasteiger partial charge in [0.2, 0.25) is 0 Å². The lowest BCUT2D eigenvalue weighted by molar-refractivity contribution is -0.144. The summed E-state index contributed by atoms with van der Waals surface area (Å²) in [5.41, 5.74) is 1.10. The van der Waals surface area contributed by atoms with Gasteiger partial charge in [0.1, 0.15) is 6.04 Å². The normalized spacial score (nSPS) is 21.6. The average Bonchev–Trinajstić information content (AvgIpc) is 2.77. The molecule has 1 aromatic rings. The molecule has 1 unspecified atom stereocenters. The van der Waals surface area contributed by atoms with E-state index >= 15 is 0 Å². The van der Waals surface area contributed by atoms with Crippen LogP contribution < -0.4 is 0 Å². The minimum absolute atomic E-state index is 0.330. The summed E-state index contributed by atoms with van der Waals surface area (Å²) in [5, 5.41) is 9.20. The first-order valence-corrected chi connectivity index (χ1v) is 6.18. The number of nitrogens with zero attached hydrogens (tertiary/aromatic N) is 3. The molecule has 2 rings (SSSR count). The van der Waals surface area contributed by atoms with E-state index in [1.165, 1.54) is 0 Å². The average molecular weight is 237 g/mol. The number of carbonyl (C=O) groups is 1. The van der Waals surface area contributed by atoms with Crippen LogP contribution in [0, 0.1) is 0 Å². The van der Waals surface area contributed by atoms with Gasteiger partial charge in [0.05, 0.1) is 12.0 Å². The molecule has 5 nitrogen and oxygen atoms in total. The molecule has 0 radical (unpaired) electrons. The van der Waals surface area contributed by atoms with Gasteiger partial charge in [0, 0.05) is 19.3 Å². The van der Waals surface area contributed by atoms with Crippen LogP contribution >= 0.6 is 0 Å². The molecular formula is C12H19N3O2. The second-order valence-electron chi connectivity index (χ2n) is 4.49. The second-order valence-corrected chi connectivity index (χ2v) is 4.49. The van der Waals surface area contributed by atoms with E-state index in [0.29, 0.717) is 6.54 Å². The Morgan fingerprint density at radius 2 is 2.41 bits per heavy atom. The first-order chi connectivity index (χ1) is 8.22. The second kappa shape index (κ2) is 5.31. The van der Waals surface area contributed by atoms with Gasteiger partial charge in [-0.15, -0.1) is 0 Å². The van der Waals surface area contributed by atoms with Crippen molar-refractivity contribution < 1.29 is 9.90 Å². The number of hydrogen-bond acceptors (Lipinski definition) is 3. The number of aryl methyl sites for hydroxylation is 1. The number of hydrogen-bond donors (Lipinski definition) is 1. The van der Waals surface area contributed by atoms with Crippen LogP contribution in [0.25, 0.3) is 0 Å². The third kappa shape index (κ3) is 2.66. The van der Waals surface area contributed by atoms with E-state index in [1.54, 1.807) is 6.33 Å². The molecule has 0 aromatic carbocycles. The van der Waals surface area contributed by atoms with E-state index in [0.717, 1.165) is 38.0 Å². The van der Waals surface area contributed by atoms with Crippen LogP contribution in [0.4, 0.5) is 0 Å². The molecule has 1 aliphatic heterocycles. The lowest BCUT2D eigenvalue weighted by Gasteiger charge is -2.32. The highest BCUT2D eigenvalue weighted by Gasteiger charge is 2.28. The van der Waals surface area contributed by atoms with Gasteiger partial charge in [-0.1, -0.05) is 6.42 Å². The number of aromatic nitrogens is 2. The molecule has 1 N–H and O–H groups in total. The van der Waals surface area contributed by atoms with Crippen molar-refractivity contribution in [1.82, 2.24) is 14.5 Å². The third-order valence-electron chi connectivity index (χ3n) is 3.40. The standard InChI is InChI=1S/C12H19N3O2/c1-2-14-9-13-7-10(14)8-15-6-4-3-5-11(15)12(16)17/h7,9,11H,2-6,8H2,1H3,(H,16,17). The van der Waals surface area contributed by atoms with Gasteiger partial charge in [-0.05, 0) is 26.3 Å². The minimum atomic E-state index is -0.702. The van der Waals surface area contributed by atoms with Crippen molar-refractivity contribution in [3.8, 4) is 0 Å². The van der Waals surface area contributed by atoms with E-state index in [-0.39, 0.29) is 6.04 Å². The lowest BCUT2D eigenvalue weighted by atomic mass is 10.0. The fourth-order valence-electron chi connectivity index (χ4n) is 2.43. The number of carboxylic acids is 1. The summed E-state index contributed by atoms with van der Waals surface area (Å²) in [5.74, 6) is -0.702. The van der Waals surface area contributed by atoms with E-state index < -0.39 is 5.97 Å². The fraction of sp³-hybridized carbons (Fsp3) is 0.667. The topological polar surface area (TPSA) is 58.4 Å². The molecule has 0 saturated carbocycles. The van der Waals surface area contributed by atoms with Crippen molar-refractivity contribution in [2.45, 2.75) is 45.3 Å². The Labute approximate surface area is 101 Å². The summed E-state index contributed by atoms with van der Waals surface area (Å²) in [4.78, 5) is 17.4. The summed E-state index contributed by atoms with van der Waals surface area (Å²) in [7, 11) is 0. The molecule has 0 aliphatic carbocycles. The Hall–Kier alpha value is -1.36. The SMILES string of the molecule is CCn1cncc1CN1CCCCC1C(=O)O. The number of rotatable bonds is 4. The summed E-state index contributed by atoms with van der Waals surface area (Å²) in [6, 6.07) is -0.330. The van der Waals surface area contributed by atoms with Gasteiger partial charge in [0.15, 0.2) is 0 Å².